The van der Waals surface area contributed by atoms with E-state index >= 15 is 0 Å². The SMILES string of the molecule is Cc1c(-c2ccccc2)nc2c(C)cc(Br)cc2c1NN. The molecular formula is C17H16BrN3. The van der Waals surface area contributed by atoms with Crippen molar-refractivity contribution in [2.45, 2.75) is 13.8 Å². The summed E-state index contributed by atoms with van der Waals surface area (Å²) >= 11 is 3.54. The number of fused-ring (bicyclic) bond motifs is 1. The maximum Gasteiger partial charge on any atom is 0.0760 e. The predicted octanol–water partition coefficient (Wildman–Crippen LogP) is 4.57. The van der Waals surface area contributed by atoms with Gasteiger partial charge in [0.25, 0.3) is 0 Å². The molecule has 0 bridgehead atoms. The zero-order chi connectivity index (χ0) is 15.0. The van der Waals surface area contributed by atoms with Crippen LogP contribution in [0.2, 0.25) is 0 Å². The highest BCUT2D eigenvalue weighted by atomic mass is 79.9. The molecule has 21 heavy (non-hydrogen) atoms. The third-order valence-corrected chi connectivity index (χ3v) is 4.14. The van der Waals surface area contributed by atoms with E-state index in [9.17, 15) is 0 Å². The third kappa shape index (κ3) is 2.41. The summed E-state index contributed by atoms with van der Waals surface area (Å²) in [5, 5.41) is 1.03. The molecule has 0 atom stereocenters. The van der Waals surface area contributed by atoms with Crippen molar-refractivity contribution < 1.29 is 0 Å². The topological polar surface area (TPSA) is 50.9 Å². The lowest BCUT2D eigenvalue weighted by Gasteiger charge is -2.15. The zero-order valence-electron chi connectivity index (χ0n) is 11.9. The Morgan fingerprint density at radius 1 is 1.10 bits per heavy atom. The maximum atomic E-state index is 5.77. The van der Waals surface area contributed by atoms with Crippen molar-refractivity contribution in [3.63, 3.8) is 0 Å². The second kappa shape index (κ2) is 5.47. The fourth-order valence-electron chi connectivity index (χ4n) is 2.65. The fraction of sp³-hybridized carbons (Fsp3) is 0.118. The molecule has 0 unspecified atom stereocenters. The summed E-state index contributed by atoms with van der Waals surface area (Å²) in [4.78, 5) is 4.88. The number of rotatable bonds is 2. The summed E-state index contributed by atoms with van der Waals surface area (Å²) in [6, 6.07) is 14.3. The first-order valence-corrected chi connectivity index (χ1v) is 7.53. The van der Waals surface area contributed by atoms with Crippen LogP contribution in [0.25, 0.3) is 22.2 Å². The maximum absolute atomic E-state index is 5.77. The Hall–Kier alpha value is -1.91. The van der Waals surface area contributed by atoms with Gasteiger partial charge in [0.05, 0.1) is 16.9 Å². The molecule has 106 valence electrons. The van der Waals surface area contributed by atoms with Crippen molar-refractivity contribution in [3.05, 3.63) is 58.1 Å². The van der Waals surface area contributed by atoms with Crippen LogP contribution in [0.1, 0.15) is 11.1 Å². The lowest BCUT2D eigenvalue weighted by atomic mass is 10.0. The van der Waals surface area contributed by atoms with Gasteiger partial charge in [-0.1, -0.05) is 46.3 Å². The molecule has 4 heteroatoms. The summed E-state index contributed by atoms with van der Waals surface area (Å²) in [6.07, 6.45) is 0. The van der Waals surface area contributed by atoms with Gasteiger partial charge in [0.2, 0.25) is 0 Å². The summed E-state index contributed by atoms with van der Waals surface area (Å²) < 4.78 is 1.03. The van der Waals surface area contributed by atoms with Gasteiger partial charge in [0.15, 0.2) is 0 Å². The first-order chi connectivity index (χ1) is 10.1. The minimum Gasteiger partial charge on any atom is -0.323 e. The van der Waals surface area contributed by atoms with Crippen LogP contribution >= 0.6 is 15.9 Å². The van der Waals surface area contributed by atoms with Gasteiger partial charge in [-0.2, -0.15) is 0 Å². The molecule has 0 aliphatic carbocycles. The van der Waals surface area contributed by atoms with E-state index in [-0.39, 0.29) is 0 Å². The number of pyridine rings is 1. The molecule has 0 spiro atoms. The van der Waals surface area contributed by atoms with Crippen LogP contribution in [0.4, 0.5) is 5.69 Å². The molecule has 1 heterocycles. The van der Waals surface area contributed by atoms with E-state index in [1.165, 1.54) is 0 Å². The molecule has 0 fully saturated rings. The zero-order valence-corrected chi connectivity index (χ0v) is 13.5. The number of hydrogen-bond donors (Lipinski definition) is 2. The molecule has 0 saturated carbocycles. The Labute approximate surface area is 132 Å². The highest BCUT2D eigenvalue weighted by Crippen LogP contribution is 2.35. The Morgan fingerprint density at radius 3 is 2.48 bits per heavy atom. The predicted molar refractivity (Wildman–Crippen MR) is 92.2 cm³/mol. The van der Waals surface area contributed by atoms with Gasteiger partial charge < -0.3 is 5.43 Å². The van der Waals surface area contributed by atoms with Crippen LogP contribution in [-0.2, 0) is 0 Å². The summed E-state index contributed by atoms with van der Waals surface area (Å²) in [7, 11) is 0. The smallest absolute Gasteiger partial charge is 0.0760 e. The van der Waals surface area contributed by atoms with Crippen LogP contribution in [0.3, 0.4) is 0 Å². The summed E-state index contributed by atoms with van der Waals surface area (Å²) in [6.45, 7) is 4.10. The number of anilines is 1. The largest absolute Gasteiger partial charge is 0.323 e. The lowest BCUT2D eigenvalue weighted by molar-refractivity contribution is 1.26. The van der Waals surface area contributed by atoms with E-state index in [0.29, 0.717) is 0 Å². The van der Waals surface area contributed by atoms with E-state index in [1.54, 1.807) is 0 Å². The number of aromatic nitrogens is 1. The van der Waals surface area contributed by atoms with E-state index in [4.69, 9.17) is 10.8 Å². The van der Waals surface area contributed by atoms with Gasteiger partial charge in [-0.3, -0.25) is 5.84 Å². The van der Waals surface area contributed by atoms with Gasteiger partial charge in [-0.05, 0) is 31.5 Å². The molecule has 2 aromatic carbocycles. The van der Waals surface area contributed by atoms with Gasteiger partial charge in [-0.15, -0.1) is 0 Å². The molecule has 0 amide bonds. The molecule has 1 aromatic heterocycles. The molecule has 0 saturated heterocycles. The quantitative estimate of drug-likeness (QED) is 0.530. The van der Waals surface area contributed by atoms with Crippen LogP contribution in [0.5, 0.6) is 0 Å². The Balaban J connectivity index is 2.41. The van der Waals surface area contributed by atoms with Crippen LogP contribution in [0.15, 0.2) is 46.9 Å². The number of nitrogens with zero attached hydrogens (tertiary/aromatic N) is 1. The van der Waals surface area contributed by atoms with Crippen molar-refractivity contribution in [1.82, 2.24) is 4.98 Å². The number of halogens is 1. The molecule has 0 aliphatic heterocycles. The molecule has 0 radical (unpaired) electrons. The monoisotopic (exact) mass is 341 g/mol. The Morgan fingerprint density at radius 2 is 1.81 bits per heavy atom. The van der Waals surface area contributed by atoms with Crippen molar-refractivity contribution in [1.29, 1.82) is 0 Å². The lowest BCUT2D eigenvalue weighted by Crippen LogP contribution is -2.10. The molecule has 3 rings (SSSR count). The summed E-state index contributed by atoms with van der Waals surface area (Å²) in [5.74, 6) is 5.77. The number of nitrogens with two attached hydrogens (primary N) is 1. The number of nitrogens with one attached hydrogen (secondary N) is 1. The normalized spacial score (nSPS) is 10.9. The highest BCUT2D eigenvalue weighted by Gasteiger charge is 2.14. The number of aryl methyl sites for hydroxylation is 1. The molecular weight excluding hydrogens is 326 g/mol. The van der Waals surface area contributed by atoms with Crippen molar-refractivity contribution >= 4 is 32.5 Å². The number of benzene rings is 2. The van der Waals surface area contributed by atoms with E-state index < -0.39 is 0 Å². The van der Waals surface area contributed by atoms with Gasteiger partial charge in [-0.25, -0.2) is 4.98 Å². The first kappa shape index (κ1) is 14.0. The average molecular weight is 342 g/mol. The number of hydrogen-bond acceptors (Lipinski definition) is 3. The standard InChI is InChI=1S/C17H16BrN3/c1-10-8-13(18)9-14-15(10)20-16(11(2)17(14)21-19)12-6-4-3-5-7-12/h3-9H,19H2,1-2H3,(H,20,21). The number of nitrogen functional groups attached to an aromatic ring is 1. The van der Waals surface area contributed by atoms with Gasteiger partial charge >= 0.3 is 0 Å². The van der Waals surface area contributed by atoms with Crippen molar-refractivity contribution in [2.24, 2.45) is 5.84 Å². The van der Waals surface area contributed by atoms with Crippen molar-refractivity contribution in [2.75, 3.05) is 5.43 Å². The second-order valence-electron chi connectivity index (χ2n) is 5.09. The summed E-state index contributed by atoms with van der Waals surface area (Å²) in [5.41, 5.74) is 8.95. The minimum absolute atomic E-state index is 0.920. The third-order valence-electron chi connectivity index (χ3n) is 3.68. The molecule has 0 aliphatic rings. The van der Waals surface area contributed by atoms with Crippen LogP contribution in [-0.4, -0.2) is 4.98 Å². The van der Waals surface area contributed by atoms with E-state index in [0.717, 1.165) is 43.4 Å². The first-order valence-electron chi connectivity index (χ1n) is 6.74. The molecule has 3 aromatic rings. The second-order valence-corrected chi connectivity index (χ2v) is 6.01. The molecule has 3 N–H and O–H groups in total. The number of hydrazine groups is 1. The minimum atomic E-state index is 0.920. The molecule has 3 nitrogen and oxygen atoms in total. The van der Waals surface area contributed by atoms with E-state index in [1.807, 2.05) is 31.2 Å². The van der Waals surface area contributed by atoms with Crippen molar-refractivity contribution in [3.8, 4) is 11.3 Å². The average Bonchev–Trinajstić information content (AvgIpc) is 2.47. The van der Waals surface area contributed by atoms with Gasteiger partial charge in [0.1, 0.15) is 0 Å². The van der Waals surface area contributed by atoms with E-state index in [2.05, 4.69) is 46.5 Å². The van der Waals surface area contributed by atoms with Crippen LogP contribution in [0, 0.1) is 13.8 Å². The Bertz CT molecular complexity index is 813. The highest BCUT2D eigenvalue weighted by molar-refractivity contribution is 9.10. The fourth-order valence-corrected chi connectivity index (χ4v) is 3.23. The Kier molecular flexibility index (Phi) is 3.66. The van der Waals surface area contributed by atoms with Crippen LogP contribution < -0.4 is 11.3 Å². The van der Waals surface area contributed by atoms with Gasteiger partial charge in [0, 0.05) is 21.0 Å².